The number of hydrogen-bond donors (Lipinski definition) is 2. The average Bonchev–Trinajstić information content (AvgIpc) is 2.40. The molecule has 0 spiro atoms. The third-order valence-corrected chi connectivity index (χ3v) is 3.68. The molecule has 1 aromatic carbocycles. The Morgan fingerprint density at radius 3 is 2.67 bits per heavy atom. The molecule has 100 valence electrons. The fourth-order valence-corrected chi connectivity index (χ4v) is 2.65. The predicted octanol–water partition coefficient (Wildman–Crippen LogP) is 2.20. The quantitative estimate of drug-likeness (QED) is 0.865. The summed E-state index contributed by atoms with van der Waals surface area (Å²) in [6.07, 6.45) is 0.800. The van der Waals surface area contributed by atoms with Gasteiger partial charge >= 0.3 is 0 Å². The topological polar surface area (TPSA) is 35.5 Å². The van der Waals surface area contributed by atoms with Crippen molar-refractivity contribution in [3.8, 4) is 5.75 Å². The highest BCUT2D eigenvalue weighted by Crippen LogP contribution is 2.35. The summed E-state index contributed by atoms with van der Waals surface area (Å²) < 4.78 is 14.0. The number of halogens is 1. The number of nitrogens with zero attached hydrogens (tertiary/aromatic N) is 1. The van der Waals surface area contributed by atoms with Crippen molar-refractivity contribution in [1.82, 2.24) is 10.2 Å². The molecule has 0 radical (unpaired) electrons. The van der Waals surface area contributed by atoms with Gasteiger partial charge in [0.25, 0.3) is 0 Å². The summed E-state index contributed by atoms with van der Waals surface area (Å²) in [5.74, 6) is -0.191. The zero-order chi connectivity index (χ0) is 13.1. The molecule has 0 aromatic heterocycles. The molecule has 2 rings (SSSR count). The smallest absolute Gasteiger partial charge is 0.131 e. The van der Waals surface area contributed by atoms with Crippen LogP contribution in [0, 0.1) is 12.7 Å². The largest absolute Gasteiger partial charge is 0.507 e. The van der Waals surface area contributed by atoms with E-state index in [4.69, 9.17) is 0 Å². The van der Waals surface area contributed by atoms with E-state index in [9.17, 15) is 9.50 Å². The molecule has 18 heavy (non-hydrogen) atoms. The predicted molar refractivity (Wildman–Crippen MR) is 70.3 cm³/mol. The number of nitrogens with one attached hydrogen (secondary N) is 1. The first kappa shape index (κ1) is 13.3. The van der Waals surface area contributed by atoms with E-state index >= 15 is 0 Å². The second-order valence-electron chi connectivity index (χ2n) is 4.84. The van der Waals surface area contributed by atoms with Gasteiger partial charge in [0, 0.05) is 37.8 Å². The summed E-state index contributed by atoms with van der Waals surface area (Å²) in [7, 11) is 0. The molecule has 1 aliphatic heterocycles. The number of benzene rings is 1. The van der Waals surface area contributed by atoms with E-state index in [1.165, 1.54) is 6.07 Å². The third kappa shape index (κ3) is 2.49. The van der Waals surface area contributed by atoms with Crippen molar-refractivity contribution in [1.29, 1.82) is 0 Å². The summed E-state index contributed by atoms with van der Waals surface area (Å²) in [6.45, 7) is 7.47. The summed E-state index contributed by atoms with van der Waals surface area (Å²) in [6, 6.07) is 3.04. The molecule has 2 N–H and O–H groups in total. The fourth-order valence-electron chi connectivity index (χ4n) is 2.65. The van der Waals surface area contributed by atoms with Crippen molar-refractivity contribution in [2.75, 3.05) is 26.2 Å². The van der Waals surface area contributed by atoms with Crippen LogP contribution in [-0.2, 0) is 0 Å². The van der Waals surface area contributed by atoms with E-state index in [0.29, 0.717) is 5.56 Å². The number of rotatable bonds is 3. The molecule has 4 heteroatoms. The molecule has 0 saturated carbocycles. The molecule has 0 amide bonds. The normalized spacial score (nSPS) is 18.8. The van der Waals surface area contributed by atoms with Gasteiger partial charge in [-0.05, 0) is 25.0 Å². The Hall–Kier alpha value is -1.13. The minimum atomic E-state index is -0.302. The number of aryl methyl sites for hydroxylation is 1. The molecule has 0 bridgehead atoms. The van der Waals surface area contributed by atoms with Crippen LogP contribution in [0.2, 0.25) is 0 Å². The Morgan fingerprint density at radius 1 is 1.39 bits per heavy atom. The van der Waals surface area contributed by atoms with Gasteiger partial charge in [-0.3, -0.25) is 4.90 Å². The number of aromatic hydroxyl groups is 1. The number of piperazine rings is 1. The van der Waals surface area contributed by atoms with Crippen LogP contribution in [0.15, 0.2) is 12.1 Å². The first-order chi connectivity index (χ1) is 8.65. The van der Waals surface area contributed by atoms with Crippen LogP contribution in [0.1, 0.15) is 30.5 Å². The lowest BCUT2D eigenvalue weighted by Gasteiger charge is -2.35. The lowest BCUT2D eigenvalue weighted by molar-refractivity contribution is 0.163. The van der Waals surface area contributed by atoms with Crippen LogP contribution >= 0.6 is 0 Å². The molecule has 1 heterocycles. The second-order valence-corrected chi connectivity index (χ2v) is 4.84. The van der Waals surface area contributed by atoms with E-state index < -0.39 is 0 Å². The highest BCUT2D eigenvalue weighted by atomic mass is 19.1. The Bertz CT molecular complexity index is 417. The molecular weight excluding hydrogens is 231 g/mol. The molecular formula is C14H21FN2O. The van der Waals surface area contributed by atoms with Crippen LogP contribution in [0.3, 0.4) is 0 Å². The lowest BCUT2D eigenvalue weighted by atomic mass is 9.98. The number of hydrogen-bond acceptors (Lipinski definition) is 3. The molecule has 1 aliphatic rings. The summed E-state index contributed by atoms with van der Waals surface area (Å²) in [5.41, 5.74) is 1.19. The Balaban J connectivity index is 2.34. The van der Waals surface area contributed by atoms with Crippen molar-refractivity contribution in [2.24, 2.45) is 0 Å². The van der Waals surface area contributed by atoms with Gasteiger partial charge in [0.2, 0.25) is 0 Å². The van der Waals surface area contributed by atoms with Gasteiger partial charge in [-0.1, -0.05) is 13.0 Å². The standard InChI is InChI=1S/C14H21FN2O/c1-3-12(17-8-6-16-7-9-17)13-11(15)5-4-10(2)14(13)18/h4-5,12,16,18H,3,6-9H2,1-2H3/t12-/m0/s1. The monoisotopic (exact) mass is 252 g/mol. The Labute approximate surface area is 108 Å². The minimum Gasteiger partial charge on any atom is -0.507 e. The van der Waals surface area contributed by atoms with Gasteiger partial charge in [-0.2, -0.15) is 0 Å². The summed E-state index contributed by atoms with van der Waals surface area (Å²) >= 11 is 0. The fraction of sp³-hybridized carbons (Fsp3) is 0.571. The first-order valence-electron chi connectivity index (χ1n) is 6.58. The Morgan fingerprint density at radius 2 is 2.06 bits per heavy atom. The molecule has 3 nitrogen and oxygen atoms in total. The van der Waals surface area contributed by atoms with Crippen LogP contribution < -0.4 is 5.32 Å². The highest BCUT2D eigenvalue weighted by molar-refractivity contribution is 5.42. The van der Waals surface area contributed by atoms with E-state index in [0.717, 1.165) is 38.2 Å². The van der Waals surface area contributed by atoms with Gasteiger partial charge in [-0.15, -0.1) is 0 Å². The van der Waals surface area contributed by atoms with Gasteiger partial charge in [0.1, 0.15) is 11.6 Å². The van der Waals surface area contributed by atoms with E-state index in [-0.39, 0.29) is 17.6 Å². The molecule has 1 atom stereocenters. The third-order valence-electron chi connectivity index (χ3n) is 3.68. The zero-order valence-corrected chi connectivity index (χ0v) is 11.0. The van der Waals surface area contributed by atoms with Crippen molar-refractivity contribution >= 4 is 0 Å². The highest BCUT2D eigenvalue weighted by Gasteiger charge is 2.26. The average molecular weight is 252 g/mol. The molecule has 0 unspecified atom stereocenters. The van der Waals surface area contributed by atoms with Crippen LogP contribution in [0.25, 0.3) is 0 Å². The van der Waals surface area contributed by atoms with Crippen LogP contribution in [0.5, 0.6) is 5.75 Å². The maximum Gasteiger partial charge on any atom is 0.131 e. The van der Waals surface area contributed by atoms with Crippen molar-refractivity contribution in [2.45, 2.75) is 26.3 Å². The van der Waals surface area contributed by atoms with Gasteiger partial charge in [0.15, 0.2) is 0 Å². The summed E-state index contributed by atoms with van der Waals surface area (Å²) in [5, 5.41) is 13.4. The number of phenolic OH excluding ortho intramolecular Hbond substituents is 1. The zero-order valence-electron chi connectivity index (χ0n) is 11.0. The van der Waals surface area contributed by atoms with E-state index in [1.807, 2.05) is 13.8 Å². The van der Waals surface area contributed by atoms with Gasteiger partial charge in [0.05, 0.1) is 0 Å². The van der Waals surface area contributed by atoms with E-state index in [2.05, 4.69) is 10.2 Å². The van der Waals surface area contributed by atoms with Crippen LogP contribution in [0.4, 0.5) is 4.39 Å². The van der Waals surface area contributed by atoms with E-state index in [1.54, 1.807) is 6.07 Å². The first-order valence-corrected chi connectivity index (χ1v) is 6.58. The van der Waals surface area contributed by atoms with Crippen molar-refractivity contribution in [3.05, 3.63) is 29.1 Å². The number of phenols is 1. The molecule has 1 fully saturated rings. The maximum atomic E-state index is 14.0. The minimum absolute atomic E-state index is 0.0352. The SMILES string of the molecule is CC[C@@H](c1c(F)ccc(C)c1O)N1CCNCC1. The molecule has 1 saturated heterocycles. The van der Waals surface area contributed by atoms with Crippen molar-refractivity contribution in [3.63, 3.8) is 0 Å². The maximum absolute atomic E-state index is 14.0. The molecule has 1 aromatic rings. The van der Waals surface area contributed by atoms with Crippen LogP contribution in [-0.4, -0.2) is 36.2 Å². The second kappa shape index (κ2) is 5.67. The Kier molecular flexibility index (Phi) is 4.19. The molecule has 0 aliphatic carbocycles. The van der Waals surface area contributed by atoms with Gasteiger partial charge < -0.3 is 10.4 Å². The lowest BCUT2D eigenvalue weighted by Crippen LogP contribution is -2.45. The van der Waals surface area contributed by atoms with Crippen molar-refractivity contribution < 1.29 is 9.50 Å². The van der Waals surface area contributed by atoms with Gasteiger partial charge in [-0.25, -0.2) is 4.39 Å². The summed E-state index contributed by atoms with van der Waals surface area (Å²) in [4.78, 5) is 2.24.